The molecule has 2 aromatic heterocycles. The minimum Gasteiger partial charge on any atom is -0.483 e. The van der Waals surface area contributed by atoms with Gasteiger partial charge in [-0.05, 0) is 25.1 Å². The van der Waals surface area contributed by atoms with E-state index in [1.54, 1.807) is 38.6 Å². The highest BCUT2D eigenvalue weighted by Crippen LogP contribution is 2.31. The Kier molecular flexibility index (Phi) is 7.95. The lowest BCUT2D eigenvalue weighted by atomic mass is 10.0. The van der Waals surface area contributed by atoms with E-state index in [0.29, 0.717) is 39.9 Å². The molecule has 1 unspecified atom stereocenters. The molecule has 0 radical (unpaired) electrons. The summed E-state index contributed by atoms with van der Waals surface area (Å²) in [6.45, 7) is 5.95. The predicted octanol–water partition coefficient (Wildman–Crippen LogP) is 2.66. The Morgan fingerprint density at radius 1 is 1.32 bits per heavy atom. The Labute approximate surface area is 182 Å². The third-order valence-electron chi connectivity index (χ3n) is 4.64. The van der Waals surface area contributed by atoms with Gasteiger partial charge in [-0.25, -0.2) is 9.97 Å². The van der Waals surface area contributed by atoms with Gasteiger partial charge < -0.3 is 25.8 Å². The lowest BCUT2D eigenvalue weighted by Crippen LogP contribution is -2.33. The first-order chi connectivity index (χ1) is 14.9. The molecule has 2 bridgehead atoms. The summed E-state index contributed by atoms with van der Waals surface area (Å²) in [5.41, 5.74) is 15.0. The molecule has 0 saturated heterocycles. The minimum absolute atomic E-state index is 0.127. The molecule has 0 saturated carbocycles. The number of amides is 1. The highest BCUT2D eigenvalue weighted by atomic mass is 16.5. The summed E-state index contributed by atoms with van der Waals surface area (Å²) >= 11 is 0. The van der Waals surface area contributed by atoms with Gasteiger partial charge in [-0.2, -0.15) is 0 Å². The fourth-order valence-corrected chi connectivity index (χ4v) is 3.19. The van der Waals surface area contributed by atoms with Gasteiger partial charge in [-0.15, -0.1) is 0 Å². The second kappa shape index (κ2) is 10.4. The molecule has 9 heteroatoms. The molecule has 31 heavy (non-hydrogen) atoms. The average Bonchev–Trinajstić information content (AvgIpc) is 2.78. The Morgan fingerprint density at radius 3 is 2.68 bits per heavy atom. The van der Waals surface area contributed by atoms with E-state index in [9.17, 15) is 4.79 Å². The fraction of sp³-hybridized carbons (Fsp3) is 0.364. The number of ether oxygens (including phenoxy) is 2. The standard InChI is InChI=1S/C20H24N6O3.C2H6/c1-11-13-8-12(9-25-18(13)22)16(19(23-2)28-4)14(21)10-26(3)20(27)17-15(29-11)6-5-7-24-17;1-2/h5-9,11H,10,21H2,1-4H3,(H2,22,25);1-2H3/b16-14-,23-19?;. The molecule has 4 N–H and O–H groups in total. The zero-order chi connectivity index (χ0) is 23.1. The Balaban J connectivity index is 0.00000166. The van der Waals surface area contributed by atoms with Crippen LogP contribution in [0.3, 0.4) is 0 Å². The van der Waals surface area contributed by atoms with Crippen molar-refractivity contribution in [2.45, 2.75) is 26.9 Å². The Hall–Kier alpha value is -3.62. The quantitative estimate of drug-likeness (QED) is 0.530. The Morgan fingerprint density at radius 2 is 2.03 bits per heavy atom. The summed E-state index contributed by atoms with van der Waals surface area (Å²) in [4.78, 5) is 27.2. The van der Waals surface area contributed by atoms with Gasteiger partial charge in [-0.3, -0.25) is 9.79 Å². The summed E-state index contributed by atoms with van der Waals surface area (Å²) in [6, 6.07) is 5.25. The van der Waals surface area contributed by atoms with Crippen LogP contribution in [0.4, 0.5) is 5.82 Å². The third kappa shape index (κ3) is 4.93. The Bertz CT molecular complexity index is 1000. The number of hydrogen-bond acceptors (Lipinski definition) is 8. The average molecular weight is 427 g/mol. The summed E-state index contributed by atoms with van der Waals surface area (Å²) < 4.78 is 11.5. The largest absolute Gasteiger partial charge is 0.483 e. The van der Waals surface area contributed by atoms with Gasteiger partial charge >= 0.3 is 0 Å². The number of likely N-dealkylation sites (N-methyl/N-ethyl adjacent to an activating group) is 1. The molecule has 1 amide bonds. The molecule has 166 valence electrons. The maximum Gasteiger partial charge on any atom is 0.276 e. The van der Waals surface area contributed by atoms with E-state index < -0.39 is 6.10 Å². The van der Waals surface area contributed by atoms with Crippen LogP contribution in [-0.2, 0) is 4.74 Å². The van der Waals surface area contributed by atoms with Gasteiger partial charge in [0.1, 0.15) is 11.9 Å². The van der Waals surface area contributed by atoms with Crippen LogP contribution >= 0.6 is 0 Å². The predicted molar refractivity (Wildman–Crippen MR) is 122 cm³/mol. The first-order valence-electron chi connectivity index (χ1n) is 10.00. The molecule has 0 aromatic carbocycles. The molecule has 3 heterocycles. The van der Waals surface area contributed by atoms with E-state index in [0.717, 1.165) is 0 Å². The molecule has 9 nitrogen and oxygen atoms in total. The van der Waals surface area contributed by atoms with Crippen LogP contribution in [-0.4, -0.2) is 54.4 Å². The summed E-state index contributed by atoms with van der Waals surface area (Å²) in [7, 11) is 4.75. The topological polar surface area (TPSA) is 129 Å². The number of methoxy groups -OCH3 is 1. The monoisotopic (exact) mass is 426 g/mol. The first kappa shape index (κ1) is 23.7. The number of nitrogen functional groups attached to an aromatic ring is 1. The van der Waals surface area contributed by atoms with Crippen molar-refractivity contribution < 1.29 is 14.3 Å². The lowest BCUT2D eigenvalue weighted by molar-refractivity contribution is 0.0793. The maximum atomic E-state index is 13.0. The van der Waals surface area contributed by atoms with Gasteiger partial charge in [0.2, 0.25) is 5.90 Å². The SMILES string of the molecule is CC.CN=C(OC)/C1=C(\N)CN(C)C(=O)c2ncccc2OC(C)c2cc1cnc2N. The van der Waals surface area contributed by atoms with Crippen molar-refractivity contribution in [3.8, 4) is 5.75 Å². The molecule has 1 aliphatic heterocycles. The second-order valence-electron chi connectivity index (χ2n) is 6.60. The minimum atomic E-state index is -0.491. The number of carbonyl (C=O) groups excluding carboxylic acids is 1. The normalized spacial score (nSPS) is 19.2. The van der Waals surface area contributed by atoms with Crippen molar-refractivity contribution in [2.24, 2.45) is 10.7 Å². The second-order valence-corrected chi connectivity index (χ2v) is 6.60. The zero-order valence-corrected chi connectivity index (χ0v) is 18.8. The first-order valence-corrected chi connectivity index (χ1v) is 10.00. The molecule has 0 fully saturated rings. The number of pyridine rings is 2. The van der Waals surface area contributed by atoms with Gasteiger partial charge in [-0.1, -0.05) is 13.8 Å². The van der Waals surface area contributed by atoms with Crippen molar-refractivity contribution in [1.82, 2.24) is 14.9 Å². The van der Waals surface area contributed by atoms with Crippen LogP contribution in [0.1, 0.15) is 48.5 Å². The number of nitrogens with zero attached hydrogens (tertiary/aromatic N) is 4. The maximum absolute atomic E-state index is 13.0. The van der Waals surface area contributed by atoms with Crippen molar-refractivity contribution >= 4 is 23.2 Å². The van der Waals surface area contributed by atoms with Gasteiger partial charge in [0.25, 0.3) is 5.91 Å². The van der Waals surface area contributed by atoms with Crippen LogP contribution in [0, 0.1) is 0 Å². The number of hydrogen-bond donors (Lipinski definition) is 2. The van der Waals surface area contributed by atoms with Crippen molar-refractivity contribution in [3.63, 3.8) is 0 Å². The number of rotatable bonds is 1. The summed E-state index contributed by atoms with van der Waals surface area (Å²) in [5, 5.41) is 0. The van der Waals surface area contributed by atoms with E-state index >= 15 is 0 Å². The zero-order valence-electron chi connectivity index (χ0n) is 18.8. The van der Waals surface area contributed by atoms with Gasteiger partial charge in [0, 0.05) is 43.3 Å². The van der Waals surface area contributed by atoms with Crippen molar-refractivity contribution in [1.29, 1.82) is 0 Å². The van der Waals surface area contributed by atoms with E-state index in [2.05, 4.69) is 15.0 Å². The highest BCUT2D eigenvalue weighted by molar-refractivity contribution is 6.20. The summed E-state index contributed by atoms with van der Waals surface area (Å²) in [6.07, 6.45) is 2.65. The summed E-state index contributed by atoms with van der Waals surface area (Å²) in [5.74, 6) is 0.679. The van der Waals surface area contributed by atoms with Crippen LogP contribution in [0.5, 0.6) is 5.75 Å². The molecular weight excluding hydrogens is 396 g/mol. The van der Waals surface area contributed by atoms with Crippen molar-refractivity contribution in [2.75, 3.05) is 33.5 Å². The van der Waals surface area contributed by atoms with E-state index in [1.807, 2.05) is 26.8 Å². The van der Waals surface area contributed by atoms with Gasteiger partial charge in [0.15, 0.2) is 11.4 Å². The van der Waals surface area contributed by atoms with Crippen LogP contribution in [0.15, 0.2) is 41.3 Å². The van der Waals surface area contributed by atoms with Crippen molar-refractivity contribution in [3.05, 3.63) is 53.1 Å². The lowest BCUT2D eigenvalue weighted by Gasteiger charge is -2.24. The molecule has 1 atom stereocenters. The molecule has 0 spiro atoms. The van der Waals surface area contributed by atoms with Crippen LogP contribution in [0.2, 0.25) is 0 Å². The van der Waals surface area contributed by atoms with E-state index in [-0.39, 0.29) is 18.1 Å². The number of fused-ring (bicyclic) bond motifs is 3. The smallest absolute Gasteiger partial charge is 0.276 e. The number of aliphatic imine (C=N–C) groups is 1. The van der Waals surface area contributed by atoms with Gasteiger partial charge in [0.05, 0.1) is 19.2 Å². The fourth-order valence-electron chi connectivity index (χ4n) is 3.19. The number of anilines is 1. The number of nitrogens with two attached hydrogens (primary N) is 2. The third-order valence-corrected chi connectivity index (χ3v) is 4.64. The van der Waals surface area contributed by atoms with Crippen LogP contribution in [0.25, 0.3) is 5.57 Å². The number of carbonyl (C=O) groups is 1. The highest BCUT2D eigenvalue weighted by Gasteiger charge is 2.25. The molecule has 3 rings (SSSR count). The van der Waals surface area contributed by atoms with E-state index in [4.69, 9.17) is 20.9 Å². The molecular formula is C22H30N6O3. The molecule has 2 aromatic rings. The molecule has 1 aliphatic rings. The van der Waals surface area contributed by atoms with E-state index in [1.165, 1.54) is 12.0 Å². The molecule has 0 aliphatic carbocycles. The number of aromatic nitrogens is 2. The van der Waals surface area contributed by atoms with Crippen LogP contribution < -0.4 is 16.2 Å².